The number of unbranched alkanes of at least 4 members (excludes halogenated alkanes) is 6. The fraction of sp³-hybridized carbons (Fsp3) is 0.571. The summed E-state index contributed by atoms with van der Waals surface area (Å²) in [5.41, 5.74) is -19.6. The molecule has 0 aliphatic rings. The number of rotatable bonds is 27. The maximum atomic E-state index is 16.0. The molecule has 0 aromatic heterocycles. The van der Waals surface area contributed by atoms with E-state index in [9.17, 15) is 92.2 Å². The molecule has 0 fully saturated rings. The lowest BCUT2D eigenvalue weighted by atomic mass is 9.85. The number of quaternary nitrogens is 1. The summed E-state index contributed by atoms with van der Waals surface area (Å²) in [7, 11) is -3.42. The minimum absolute atomic E-state index is 0.0517. The topological polar surface area (TPSA) is 55.4 Å². The van der Waals surface area contributed by atoms with Crippen LogP contribution in [-0.2, 0) is 69.3 Å². The predicted molar refractivity (Wildman–Crippen MR) is 270 cm³/mol. The van der Waals surface area contributed by atoms with Crippen molar-refractivity contribution in [3.63, 3.8) is 0 Å². The Labute approximate surface area is 491 Å². The molecule has 0 saturated heterocycles. The lowest BCUT2D eigenvalue weighted by Gasteiger charge is -2.59. The average Bonchev–Trinajstić information content (AvgIpc) is 0.824. The Morgan fingerprint density at radius 2 is 0.750 bits per heavy atom. The molecule has 0 spiro atoms. The Morgan fingerprint density at radius 3 is 1.07 bits per heavy atom. The molecule has 32 heteroatoms. The van der Waals surface area contributed by atoms with Gasteiger partial charge in [-0.05, 0) is 82.1 Å². The van der Waals surface area contributed by atoms with Crippen LogP contribution in [0.15, 0.2) is 66.7 Å². The first kappa shape index (κ1) is 76.8. The van der Waals surface area contributed by atoms with Gasteiger partial charge in [-0.1, -0.05) is 70.9 Å². The number of hydrogen-bond donors (Lipinski definition) is 0. The van der Waals surface area contributed by atoms with Crippen molar-refractivity contribution in [1.82, 2.24) is 0 Å². The van der Waals surface area contributed by atoms with E-state index in [4.69, 9.17) is 28.2 Å². The van der Waals surface area contributed by atoms with E-state index in [2.05, 4.69) is 0 Å². The number of benzene rings is 4. The largest absolute Gasteiger partial charge is 0.864 e. The maximum absolute atomic E-state index is 16.0. The van der Waals surface area contributed by atoms with Gasteiger partial charge >= 0.3 is 56.7 Å². The molecule has 0 amide bonds. The Bertz CT molecular complexity index is 2620. The summed E-state index contributed by atoms with van der Waals surface area (Å²) in [6.45, 7) is 9.87. The number of halogens is 24. The minimum Gasteiger partial charge on any atom is -0.490 e. The second kappa shape index (κ2) is 30.5. The smallest absolute Gasteiger partial charge is 0.490 e. The lowest BCUT2D eigenvalue weighted by molar-refractivity contribution is -1.08. The minimum atomic E-state index is -5.86. The second-order valence-electron chi connectivity index (χ2n) is 19.5. The van der Waals surface area contributed by atoms with Gasteiger partial charge in [-0.25, -0.2) is 4.48 Å². The Morgan fingerprint density at radius 1 is 0.398 bits per heavy atom. The van der Waals surface area contributed by atoms with Crippen LogP contribution in [0.4, 0.5) is 105 Å². The molecule has 88 heavy (non-hydrogen) atoms. The third kappa shape index (κ3) is 20.3. The first-order valence-electron chi connectivity index (χ1n) is 27.2. The summed E-state index contributed by atoms with van der Waals surface area (Å²) < 4.78 is 369. The summed E-state index contributed by atoms with van der Waals surface area (Å²) in [4.78, 5) is 0. The highest BCUT2D eigenvalue weighted by atomic mass is 19.4. The molecule has 4 aromatic carbocycles. The van der Waals surface area contributed by atoms with Crippen LogP contribution in [-0.4, -0.2) is 50.6 Å². The highest BCUT2D eigenvalue weighted by Crippen LogP contribution is 2.55. The summed E-state index contributed by atoms with van der Waals surface area (Å²) in [6.07, 6.45) is -42.4. The first-order valence-corrected chi connectivity index (χ1v) is 27.2. The van der Waals surface area contributed by atoms with E-state index in [-0.39, 0.29) is 81.5 Å². The molecule has 7 nitrogen and oxygen atoms in total. The zero-order valence-electron chi connectivity index (χ0n) is 48.0. The van der Waals surface area contributed by atoms with Crippen LogP contribution >= 0.6 is 0 Å². The highest BCUT2D eigenvalue weighted by molar-refractivity contribution is 6.39. The molecule has 4 aromatic rings. The Kier molecular flexibility index (Phi) is 26.6. The van der Waals surface area contributed by atoms with E-state index in [1.807, 2.05) is 6.92 Å². The third-order valence-electron chi connectivity index (χ3n) is 13.5. The summed E-state index contributed by atoms with van der Waals surface area (Å²) in [5.74, 6) is -4.91. The molecule has 0 aliphatic heterocycles. The van der Waals surface area contributed by atoms with Gasteiger partial charge < -0.3 is 28.2 Å². The van der Waals surface area contributed by atoms with Crippen LogP contribution in [0.25, 0.3) is 0 Å². The van der Waals surface area contributed by atoms with E-state index in [0.29, 0.717) is 25.0 Å². The number of nitrogens with zero attached hydrogens (tertiary/aromatic N) is 1. The molecule has 0 saturated carbocycles. The van der Waals surface area contributed by atoms with Gasteiger partial charge in [0.05, 0.1) is 65.3 Å². The van der Waals surface area contributed by atoms with E-state index in [1.165, 1.54) is 13.8 Å². The molecule has 0 heterocycles. The van der Waals surface area contributed by atoms with Gasteiger partial charge in [0, 0.05) is 19.3 Å². The van der Waals surface area contributed by atoms with Crippen molar-refractivity contribution >= 4 is 7.32 Å². The zero-order valence-corrected chi connectivity index (χ0v) is 48.0. The molecule has 0 aliphatic carbocycles. The van der Waals surface area contributed by atoms with Crippen molar-refractivity contribution in [2.75, 3.05) is 26.4 Å². The molecular formula is C56H62BF24NO6. The van der Waals surface area contributed by atoms with Crippen LogP contribution < -0.4 is 14.0 Å². The SMILES string of the molecule is CCCCCCCCC[N+](C(CC)OCC)(C(CC)OCC)C(CC)(OCC)c1c(OB(Oc2cc(C(F)(F)F)cc(C(F)(F)F)c2)Oc2cc(C(F)(F)F)cc(C(F)(F)F)c2)cc(C(F)(F)F)cc1C(F)(F)F.FC(F)(F)c1c[c-]cc(C(F)(F)F)c1. The molecule has 3 unspecified atom stereocenters. The van der Waals surface area contributed by atoms with Crippen molar-refractivity contribution in [2.24, 2.45) is 0 Å². The van der Waals surface area contributed by atoms with Crippen LogP contribution in [0, 0.1) is 6.07 Å². The van der Waals surface area contributed by atoms with Gasteiger partial charge in [0.1, 0.15) is 17.2 Å². The standard InChI is InChI=1S/C48H59BF18NO6.C8H3F6/c1-8-15-16-17-18-19-20-21-68(39(9-2)69-12-5,40(10-3)70-13-6)42(11-4,71-14-7)41-37(48(65,66)67)28-34(47(62,63)64)29-38(41)74-49(72-35-24-30(43(50,51)52)22-31(25-35)44(53,54)55)73-36-26-32(45(56,57)58)23-33(27-36)46(59,60)61;9-7(10,11)5-2-1-3-6(4-5)8(12,13)14/h22-29,39-40H,8-21H2,1-7H3;2-4H/q+1;-1. The summed E-state index contributed by atoms with van der Waals surface area (Å²) in [5, 5.41) is 0. The summed E-state index contributed by atoms with van der Waals surface area (Å²) in [6, 6.07) is 0.906. The Balaban J connectivity index is 0.00000126. The molecular weight excluding hydrogens is 1250 g/mol. The predicted octanol–water partition coefficient (Wildman–Crippen LogP) is 20.6. The average molecular weight is 1310 g/mol. The number of ether oxygens (including phenoxy) is 3. The van der Waals surface area contributed by atoms with Crippen molar-refractivity contribution < 1.29 is 138 Å². The normalized spacial score (nSPS) is 15.2. The van der Waals surface area contributed by atoms with E-state index in [0.717, 1.165) is 25.7 Å². The van der Waals surface area contributed by atoms with E-state index >= 15 is 13.2 Å². The van der Waals surface area contributed by atoms with Gasteiger partial charge in [-0.15, -0.1) is 6.07 Å². The number of hydrogen-bond acceptors (Lipinski definition) is 6. The van der Waals surface area contributed by atoms with Crippen molar-refractivity contribution in [1.29, 1.82) is 0 Å². The third-order valence-corrected chi connectivity index (χ3v) is 13.5. The van der Waals surface area contributed by atoms with Gasteiger partial charge in [0.25, 0.3) is 0 Å². The zero-order chi connectivity index (χ0) is 67.3. The van der Waals surface area contributed by atoms with Crippen LogP contribution in [0.1, 0.15) is 163 Å². The molecule has 0 bridgehead atoms. The summed E-state index contributed by atoms with van der Waals surface area (Å²) >= 11 is 0. The molecule has 0 radical (unpaired) electrons. The van der Waals surface area contributed by atoms with Crippen LogP contribution in [0.3, 0.4) is 0 Å². The lowest BCUT2D eigenvalue weighted by Crippen LogP contribution is -2.74. The molecule has 498 valence electrons. The quantitative estimate of drug-likeness (QED) is 0.0148. The first-order chi connectivity index (χ1) is 40.3. The highest BCUT2D eigenvalue weighted by Gasteiger charge is 2.64. The fourth-order valence-corrected chi connectivity index (χ4v) is 9.89. The van der Waals surface area contributed by atoms with Gasteiger partial charge in [-0.3, -0.25) is 0 Å². The van der Waals surface area contributed by atoms with Crippen molar-refractivity contribution in [3.05, 3.63) is 123 Å². The molecule has 0 N–H and O–H groups in total. The van der Waals surface area contributed by atoms with E-state index in [1.54, 1.807) is 33.8 Å². The Hall–Kier alpha value is -5.50. The number of alkyl halides is 24. The molecule has 3 atom stereocenters. The maximum Gasteiger partial charge on any atom is 0.864 e. The van der Waals surface area contributed by atoms with Gasteiger partial charge in [-0.2, -0.15) is 124 Å². The van der Waals surface area contributed by atoms with E-state index < -0.39 is 172 Å². The van der Waals surface area contributed by atoms with Crippen LogP contribution in [0.2, 0.25) is 0 Å². The van der Waals surface area contributed by atoms with Gasteiger partial charge in [0.2, 0.25) is 5.72 Å². The second-order valence-corrected chi connectivity index (χ2v) is 19.5. The fourth-order valence-electron chi connectivity index (χ4n) is 9.89. The van der Waals surface area contributed by atoms with Crippen LogP contribution in [0.5, 0.6) is 17.2 Å². The van der Waals surface area contributed by atoms with Crippen molar-refractivity contribution in [2.45, 2.75) is 180 Å². The monoisotopic (exact) mass is 1310 g/mol. The molecule has 4 rings (SSSR count). The van der Waals surface area contributed by atoms with Gasteiger partial charge in [0.15, 0.2) is 12.5 Å². The van der Waals surface area contributed by atoms with Crippen molar-refractivity contribution in [3.8, 4) is 17.2 Å².